The highest BCUT2D eigenvalue weighted by Crippen LogP contribution is 2.10. The summed E-state index contributed by atoms with van der Waals surface area (Å²) in [4.78, 5) is 2.12. The normalized spacial score (nSPS) is 12.2. The van der Waals surface area contributed by atoms with Gasteiger partial charge in [-0.3, -0.25) is 0 Å². The summed E-state index contributed by atoms with van der Waals surface area (Å²) in [5.41, 5.74) is 0.775. The molecule has 0 atom stereocenters. The average Bonchev–Trinajstić information content (AvgIpc) is 2.23. The van der Waals surface area contributed by atoms with Gasteiger partial charge in [0, 0.05) is 18.6 Å². The Morgan fingerprint density at radius 1 is 1.18 bits per heavy atom. The van der Waals surface area contributed by atoms with E-state index in [0.29, 0.717) is 6.54 Å². The molecule has 1 aromatic rings. The highest BCUT2D eigenvalue weighted by atomic mass is 19.2. The first kappa shape index (κ1) is 14.1. The fourth-order valence-electron chi connectivity index (χ4n) is 1.32. The number of halogens is 2. The van der Waals surface area contributed by atoms with Crippen LogP contribution in [0.1, 0.15) is 19.4 Å². The monoisotopic (exact) mass is 242 g/mol. The summed E-state index contributed by atoms with van der Waals surface area (Å²) in [6.07, 6.45) is 0. The number of nitrogens with one attached hydrogen (secondary N) is 1. The van der Waals surface area contributed by atoms with Gasteiger partial charge in [0.2, 0.25) is 0 Å². The van der Waals surface area contributed by atoms with Gasteiger partial charge in [-0.15, -0.1) is 0 Å². The molecule has 0 saturated heterocycles. The lowest BCUT2D eigenvalue weighted by Gasteiger charge is -2.32. The topological polar surface area (TPSA) is 15.3 Å². The Labute approximate surface area is 102 Å². The van der Waals surface area contributed by atoms with E-state index in [1.54, 1.807) is 6.07 Å². The van der Waals surface area contributed by atoms with Crippen LogP contribution in [-0.2, 0) is 6.54 Å². The number of benzene rings is 1. The zero-order chi connectivity index (χ0) is 13.1. The fraction of sp³-hybridized carbons (Fsp3) is 0.538. The van der Waals surface area contributed by atoms with Crippen molar-refractivity contribution in [2.24, 2.45) is 0 Å². The second-order valence-electron chi connectivity index (χ2n) is 5.06. The summed E-state index contributed by atoms with van der Waals surface area (Å²) in [7, 11) is 4.03. The van der Waals surface area contributed by atoms with Crippen molar-refractivity contribution in [1.29, 1.82) is 0 Å². The number of rotatable bonds is 5. The van der Waals surface area contributed by atoms with Crippen molar-refractivity contribution in [3.05, 3.63) is 35.4 Å². The van der Waals surface area contributed by atoms with E-state index in [4.69, 9.17) is 0 Å². The Hall–Kier alpha value is -1.00. The Morgan fingerprint density at radius 2 is 1.82 bits per heavy atom. The van der Waals surface area contributed by atoms with Gasteiger partial charge in [-0.2, -0.15) is 0 Å². The summed E-state index contributed by atoms with van der Waals surface area (Å²) in [5.74, 6) is -1.60. The standard InChI is InChI=1S/C13H20F2N2/c1-13(2,17(3)4)9-16-8-10-5-6-11(14)12(15)7-10/h5-7,16H,8-9H2,1-4H3. The van der Waals surface area contributed by atoms with Gasteiger partial charge in [0.15, 0.2) is 11.6 Å². The molecule has 0 amide bonds. The molecule has 0 fully saturated rings. The minimum atomic E-state index is -0.803. The van der Waals surface area contributed by atoms with E-state index in [1.165, 1.54) is 6.07 Å². The van der Waals surface area contributed by atoms with E-state index in [0.717, 1.165) is 18.2 Å². The Kier molecular flexibility index (Phi) is 4.60. The second kappa shape index (κ2) is 5.56. The molecule has 1 rings (SSSR count). The maximum atomic E-state index is 13.0. The number of hydrogen-bond acceptors (Lipinski definition) is 2. The molecule has 96 valence electrons. The van der Waals surface area contributed by atoms with E-state index in [-0.39, 0.29) is 5.54 Å². The van der Waals surface area contributed by atoms with Crippen LogP contribution in [0.4, 0.5) is 8.78 Å². The Bertz CT molecular complexity index is 376. The zero-order valence-electron chi connectivity index (χ0n) is 10.8. The summed E-state index contributed by atoms with van der Waals surface area (Å²) in [6, 6.07) is 3.97. The minimum Gasteiger partial charge on any atom is -0.311 e. The van der Waals surface area contributed by atoms with E-state index < -0.39 is 11.6 Å². The van der Waals surface area contributed by atoms with Crippen molar-refractivity contribution in [3.8, 4) is 0 Å². The van der Waals surface area contributed by atoms with Crippen LogP contribution in [0.3, 0.4) is 0 Å². The van der Waals surface area contributed by atoms with Crippen molar-refractivity contribution in [3.63, 3.8) is 0 Å². The third kappa shape index (κ3) is 4.06. The van der Waals surface area contributed by atoms with Crippen LogP contribution in [0, 0.1) is 11.6 Å². The van der Waals surface area contributed by atoms with Gasteiger partial charge in [0.25, 0.3) is 0 Å². The molecule has 0 radical (unpaired) electrons. The third-order valence-corrected chi connectivity index (χ3v) is 3.08. The molecular weight excluding hydrogens is 222 g/mol. The molecule has 0 spiro atoms. The van der Waals surface area contributed by atoms with E-state index in [1.807, 2.05) is 14.1 Å². The van der Waals surface area contributed by atoms with Gasteiger partial charge in [0.05, 0.1) is 0 Å². The SMILES string of the molecule is CN(C)C(C)(C)CNCc1ccc(F)c(F)c1. The Morgan fingerprint density at radius 3 is 2.35 bits per heavy atom. The van der Waals surface area contributed by atoms with Crippen LogP contribution in [0.5, 0.6) is 0 Å². The number of nitrogens with zero attached hydrogens (tertiary/aromatic N) is 1. The minimum absolute atomic E-state index is 0.0264. The lowest BCUT2D eigenvalue weighted by atomic mass is 10.0. The maximum absolute atomic E-state index is 13.0. The first-order valence-electron chi connectivity index (χ1n) is 5.65. The van der Waals surface area contributed by atoms with Crippen LogP contribution < -0.4 is 5.32 Å². The average molecular weight is 242 g/mol. The number of hydrogen-bond donors (Lipinski definition) is 1. The zero-order valence-corrected chi connectivity index (χ0v) is 10.8. The molecule has 0 aliphatic rings. The third-order valence-electron chi connectivity index (χ3n) is 3.08. The smallest absolute Gasteiger partial charge is 0.159 e. The van der Waals surface area contributed by atoms with Gasteiger partial charge in [-0.1, -0.05) is 6.07 Å². The summed E-state index contributed by atoms with van der Waals surface area (Å²) in [6.45, 7) is 5.55. The van der Waals surface area contributed by atoms with Crippen molar-refractivity contribution in [2.75, 3.05) is 20.6 Å². The van der Waals surface area contributed by atoms with Gasteiger partial charge >= 0.3 is 0 Å². The van der Waals surface area contributed by atoms with Crippen molar-refractivity contribution in [1.82, 2.24) is 10.2 Å². The molecule has 17 heavy (non-hydrogen) atoms. The fourth-order valence-corrected chi connectivity index (χ4v) is 1.32. The lowest BCUT2D eigenvalue weighted by molar-refractivity contribution is 0.189. The first-order valence-corrected chi connectivity index (χ1v) is 5.65. The van der Waals surface area contributed by atoms with Crippen LogP contribution in [0.2, 0.25) is 0 Å². The summed E-state index contributed by atoms with van der Waals surface area (Å²) >= 11 is 0. The van der Waals surface area contributed by atoms with Crippen molar-refractivity contribution >= 4 is 0 Å². The summed E-state index contributed by atoms with van der Waals surface area (Å²) < 4.78 is 25.7. The Balaban J connectivity index is 2.49. The molecule has 0 aliphatic heterocycles. The van der Waals surface area contributed by atoms with Crippen LogP contribution in [0.25, 0.3) is 0 Å². The molecule has 4 heteroatoms. The second-order valence-corrected chi connectivity index (χ2v) is 5.06. The van der Waals surface area contributed by atoms with Crippen molar-refractivity contribution in [2.45, 2.75) is 25.9 Å². The molecular formula is C13H20F2N2. The van der Waals surface area contributed by atoms with Crippen LogP contribution in [-0.4, -0.2) is 31.1 Å². The molecule has 1 N–H and O–H groups in total. The molecule has 0 unspecified atom stereocenters. The molecule has 2 nitrogen and oxygen atoms in total. The first-order chi connectivity index (χ1) is 7.83. The van der Waals surface area contributed by atoms with E-state index >= 15 is 0 Å². The molecule has 0 saturated carbocycles. The molecule has 0 aromatic heterocycles. The summed E-state index contributed by atoms with van der Waals surface area (Å²) in [5, 5.41) is 3.24. The predicted octanol–water partition coefficient (Wildman–Crippen LogP) is 2.39. The molecule has 1 aromatic carbocycles. The van der Waals surface area contributed by atoms with Gasteiger partial charge in [0.1, 0.15) is 0 Å². The lowest BCUT2D eigenvalue weighted by Crippen LogP contribution is -2.46. The predicted molar refractivity (Wildman–Crippen MR) is 65.8 cm³/mol. The molecule has 0 aliphatic carbocycles. The molecule has 0 bridgehead atoms. The highest BCUT2D eigenvalue weighted by Gasteiger charge is 2.19. The van der Waals surface area contributed by atoms with E-state index in [2.05, 4.69) is 24.1 Å². The van der Waals surface area contributed by atoms with Crippen LogP contribution >= 0.6 is 0 Å². The van der Waals surface area contributed by atoms with Gasteiger partial charge in [-0.05, 0) is 45.6 Å². The maximum Gasteiger partial charge on any atom is 0.159 e. The quantitative estimate of drug-likeness (QED) is 0.853. The van der Waals surface area contributed by atoms with E-state index in [9.17, 15) is 8.78 Å². The van der Waals surface area contributed by atoms with Gasteiger partial charge in [-0.25, -0.2) is 8.78 Å². The number of likely N-dealkylation sites (N-methyl/N-ethyl adjacent to an activating group) is 1. The van der Waals surface area contributed by atoms with Crippen molar-refractivity contribution < 1.29 is 8.78 Å². The molecule has 0 heterocycles. The highest BCUT2D eigenvalue weighted by molar-refractivity contribution is 5.17. The van der Waals surface area contributed by atoms with Gasteiger partial charge < -0.3 is 10.2 Å². The largest absolute Gasteiger partial charge is 0.311 e. The van der Waals surface area contributed by atoms with Crippen LogP contribution in [0.15, 0.2) is 18.2 Å².